The van der Waals surface area contributed by atoms with Crippen LogP contribution in [-0.4, -0.2) is 15.4 Å². The number of pyridine rings is 1. The maximum Gasteiger partial charge on any atom is 0.419 e. The van der Waals surface area contributed by atoms with Crippen molar-refractivity contribution in [2.24, 2.45) is 0 Å². The minimum atomic E-state index is -4.59. The molecule has 0 spiro atoms. The molecular formula is C9H3BrClF3N2O2. The van der Waals surface area contributed by atoms with Crippen LogP contribution < -0.4 is 0 Å². The number of nitrogens with zero attached hydrogens (tertiary/aromatic N) is 2. The summed E-state index contributed by atoms with van der Waals surface area (Å²) in [5.41, 5.74) is -1.84. The van der Waals surface area contributed by atoms with Crippen molar-refractivity contribution in [1.82, 2.24) is 9.38 Å². The standard InChI is InChI=1S/C9H3BrClF3N2O2/c10-18-8(17)5-6(11)16-3-1-2-4(7(16)15-5)9(12,13)14/h1-3H. The summed E-state index contributed by atoms with van der Waals surface area (Å²) in [6.07, 6.45) is -3.32. The van der Waals surface area contributed by atoms with E-state index in [-0.39, 0.29) is 5.15 Å². The van der Waals surface area contributed by atoms with E-state index in [2.05, 4.69) is 25.1 Å². The highest BCUT2D eigenvalue weighted by Gasteiger charge is 2.35. The Morgan fingerprint density at radius 3 is 2.72 bits per heavy atom. The molecule has 2 aromatic heterocycles. The molecule has 0 aliphatic carbocycles. The van der Waals surface area contributed by atoms with Crippen LogP contribution in [0.2, 0.25) is 5.15 Å². The first-order chi connectivity index (χ1) is 8.36. The monoisotopic (exact) mass is 342 g/mol. The first kappa shape index (κ1) is 13.2. The van der Waals surface area contributed by atoms with Crippen molar-refractivity contribution in [2.45, 2.75) is 6.18 Å². The van der Waals surface area contributed by atoms with Crippen molar-refractivity contribution in [1.29, 1.82) is 0 Å². The molecule has 0 saturated heterocycles. The summed E-state index contributed by atoms with van der Waals surface area (Å²) < 4.78 is 43.3. The highest BCUT2D eigenvalue weighted by Crippen LogP contribution is 2.33. The lowest BCUT2D eigenvalue weighted by Gasteiger charge is -2.07. The van der Waals surface area contributed by atoms with Gasteiger partial charge in [0, 0.05) is 6.20 Å². The summed E-state index contributed by atoms with van der Waals surface area (Å²) >= 11 is 8.19. The average Bonchev–Trinajstić information content (AvgIpc) is 2.65. The summed E-state index contributed by atoms with van der Waals surface area (Å²) in [7, 11) is 0. The number of carbonyl (C=O) groups excluding carboxylic acids is 1. The van der Waals surface area contributed by atoms with Crippen LogP contribution in [0.25, 0.3) is 5.65 Å². The molecule has 0 atom stereocenters. The van der Waals surface area contributed by atoms with Crippen LogP contribution in [0.1, 0.15) is 16.1 Å². The molecule has 4 nitrogen and oxygen atoms in total. The summed E-state index contributed by atoms with van der Waals surface area (Å²) in [4.78, 5) is 14.8. The first-order valence-corrected chi connectivity index (χ1v) is 5.45. The fourth-order valence-corrected chi connectivity index (χ4v) is 1.84. The summed E-state index contributed by atoms with van der Waals surface area (Å²) in [5.74, 6) is -0.975. The predicted octanol–water partition coefficient (Wildman–Crippen LogP) is 3.47. The fourth-order valence-electron chi connectivity index (χ4n) is 1.43. The summed E-state index contributed by atoms with van der Waals surface area (Å²) in [6.45, 7) is 0. The summed E-state index contributed by atoms with van der Waals surface area (Å²) in [6, 6.07) is 2.01. The molecule has 0 aliphatic heterocycles. The van der Waals surface area contributed by atoms with E-state index in [1.54, 1.807) is 0 Å². The Morgan fingerprint density at radius 2 is 2.17 bits per heavy atom. The van der Waals surface area contributed by atoms with Crippen LogP contribution in [-0.2, 0) is 10.0 Å². The van der Waals surface area contributed by atoms with E-state index in [0.717, 1.165) is 16.5 Å². The number of hydrogen-bond donors (Lipinski definition) is 0. The van der Waals surface area contributed by atoms with Crippen molar-refractivity contribution in [3.05, 3.63) is 34.7 Å². The minimum absolute atomic E-state index is 0.249. The van der Waals surface area contributed by atoms with E-state index in [1.807, 2.05) is 0 Å². The molecule has 0 N–H and O–H groups in total. The largest absolute Gasteiger partial charge is 0.419 e. The Hall–Kier alpha value is -1.28. The quantitative estimate of drug-likeness (QED) is 0.796. The first-order valence-electron chi connectivity index (χ1n) is 4.43. The Morgan fingerprint density at radius 1 is 1.50 bits per heavy atom. The molecule has 0 fully saturated rings. The maximum absolute atomic E-state index is 12.7. The number of halogens is 5. The smallest absolute Gasteiger partial charge is 0.379 e. The molecule has 2 rings (SSSR count). The molecule has 0 radical (unpaired) electrons. The van der Waals surface area contributed by atoms with Gasteiger partial charge in [0.15, 0.2) is 27.6 Å². The van der Waals surface area contributed by atoms with Crippen molar-refractivity contribution < 1.29 is 21.8 Å². The number of rotatable bonds is 1. The molecule has 0 bridgehead atoms. The van der Waals surface area contributed by atoms with Gasteiger partial charge in [-0.05, 0) is 12.1 Å². The van der Waals surface area contributed by atoms with Gasteiger partial charge in [-0.25, -0.2) is 9.78 Å². The van der Waals surface area contributed by atoms with Gasteiger partial charge in [0.25, 0.3) is 0 Å². The van der Waals surface area contributed by atoms with Gasteiger partial charge in [0.2, 0.25) is 0 Å². The lowest BCUT2D eigenvalue weighted by molar-refractivity contribution is -0.136. The van der Waals surface area contributed by atoms with Gasteiger partial charge >= 0.3 is 12.1 Å². The van der Waals surface area contributed by atoms with Crippen molar-refractivity contribution in [3.8, 4) is 0 Å². The molecule has 0 unspecified atom stereocenters. The topological polar surface area (TPSA) is 43.6 Å². The van der Waals surface area contributed by atoms with Crippen molar-refractivity contribution in [2.75, 3.05) is 0 Å². The van der Waals surface area contributed by atoms with Gasteiger partial charge in [-0.1, -0.05) is 11.6 Å². The van der Waals surface area contributed by atoms with E-state index < -0.39 is 29.1 Å². The van der Waals surface area contributed by atoms with Gasteiger partial charge in [-0.3, -0.25) is 4.40 Å². The van der Waals surface area contributed by atoms with E-state index in [9.17, 15) is 18.0 Å². The highest BCUT2D eigenvalue weighted by molar-refractivity contribution is 9.06. The molecule has 18 heavy (non-hydrogen) atoms. The number of aromatic nitrogens is 2. The number of imidazole rings is 1. The molecule has 2 aromatic rings. The number of hydrogen-bond acceptors (Lipinski definition) is 3. The zero-order valence-electron chi connectivity index (χ0n) is 8.33. The van der Waals surface area contributed by atoms with Gasteiger partial charge in [-0.15, -0.1) is 0 Å². The van der Waals surface area contributed by atoms with Crippen LogP contribution in [0.4, 0.5) is 13.2 Å². The van der Waals surface area contributed by atoms with Crippen LogP contribution in [0.3, 0.4) is 0 Å². The van der Waals surface area contributed by atoms with E-state index in [0.29, 0.717) is 0 Å². The highest BCUT2D eigenvalue weighted by atomic mass is 79.9. The van der Waals surface area contributed by atoms with Gasteiger partial charge < -0.3 is 3.83 Å². The van der Waals surface area contributed by atoms with E-state index in [1.165, 1.54) is 6.20 Å². The Balaban J connectivity index is 2.76. The SMILES string of the molecule is O=C(OBr)c1nc2c(C(F)(F)F)cccn2c1Cl. The fraction of sp³-hybridized carbons (Fsp3) is 0.111. The van der Waals surface area contributed by atoms with E-state index in [4.69, 9.17) is 11.6 Å². The second kappa shape index (κ2) is 4.43. The Labute approximate surface area is 112 Å². The lowest BCUT2D eigenvalue weighted by Crippen LogP contribution is -2.07. The third-order valence-electron chi connectivity index (χ3n) is 2.16. The zero-order chi connectivity index (χ0) is 13.5. The lowest BCUT2D eigenvalue weighted by atomic mass is 10.2. The molecule has 96 valence electrons. The number of carbonyl (C=O) groups is 1. The normalized spacial score (nSPS) is 11.8. The molecule has 0 aromatic carbocycles. The van der Waals surface area contributed by atoms with Crippen LogP contribution in [0.5, 0.6) is 0 Å². The van der Waals surface area contributed by atoms with Crippen LogP contribution in [0.15, 0.2) is 18.3 Å². The molecule has 9 heteroatoms. The Bertz CT molecular complexity index is 626. The van der Waals surface area contributed by atoms with Gasteiger partial charge in [-0.2, -0.15) is 13.2 Å². The predicted molar refractivity (Wildman–Crippen MR) is 59.5 cm³/mol. The third-order valence-corrected chi connectivity index (χ3v) is 2.82. The zero-order valence-corrected chi connectivity index (χ0v) is 10.7. The van der Waals surface area contributed by atoms with Crippen LogP contribution >= 0.6 is 27.9 Å². The summed E-state index contributed by atoms with van der Waals surface area (Å²) in [5, 5.41) is -0.249. The molecule has 0 aliphatic rings. The molecule has 2 heterocycles. The number of alkyl halides is 3. The Kier molecular flexibility index (Phi) is 3.24. The van der Waals surface area contributed by atoms with Gasteiger partial charge in [0.1, 0.15) is 5.15 Å². The van der Waals surface area contributed by atoms with Gasteiger partial charge in [0.05, 0.1) is 5.56 Å². The molecular weight excluding hydrogens is 340 g/mol. The minimum Gasteiger partial charge on any atom is -0.379 e. The molecule has 0 amide bonds. The second-order valence-corrected chi connectivity index (χ2v) is 3.91. The maximum atomic E-state index is 12.7. The van der Waals surface area contributed by atoms with Crippen molar-refractivity contribution >= 4 is 39.5 Å². The van der Waals surface area contributed by atoms with Crippen LogP contribution in [0, 0.1) is 0 Å². The third kappa shape index (κ3) is 2.05. The molecule has 0 saturated carbocycles. The number of fused-ring (bicyclic) bond motifs is 1. The average molecular weight is 343 g/mol. The van der Waals surface area contributed by atoms with Crippen molar-refractivity contribution in [3.63, 3.8) is 0 Å². The second-order valence-electron chi connectivity index (χ2n) is 3.23. The van der Waals surface area contributed by atoms with E-state index >= 15 is 0 Å².